The van der Waals surface area contributed by atoms with E-state index in [9.17, 15) is 4.79 Å². The van der Waals surface area contributed by atoms with Gasteiger partial charge in [-0.05, 0) is 30.0 Å². The number of rotatable bonds is 2. The molecule has 100 valence electrons. The SMILES string of the molecule is O=C(NC1=NCCS1)[C@H]1C[C@H]1c1ccc(Cl)cc1Cl. The van der Waals surface area contributed by atoms with Crippen LogP contribution in [-0.4, -0.2) is 23.4 Å². The van der Waals surface area contributed by atoms with Gasteiger partial charge in [0.15, 0.2) is 5.17 Å². The highest BCUT2D eigenvalue weighted by Gasteiger charge is 2.45. The number of benzene rings is 1. The number of amides is 1. The standard InChI is InChI=1S/C13H12Cl2N2OS/c14-7-1-2-8(11(15)5-7)9-6-10(9)12(18)17-13-16-3-4-19-13/h1-2,5,9-10H,3-4,6H2,(H,16,17,18)/t9-,10-/m0/s1. The van der Waals surface area contributed by atoms with E-state index in [1.54, 1.807) is 17.8 Å². The van der Waals surface area contributed by atoms with Gasteiger partial charge in [0.05, 0.1) is 6.54 Å². The van der Waals surface area contributed by atoms with E-state index >= 15 is 0 Å². The van der Waals surface area contributed by atoms with Gasteiger partial charge in [0, 0.05) is 21.7 Å². The molecule has 6 heteroatoms. The van der Waals surface area contributed by atoms with Gasteiger partial charge in [-0.2, -0.15) is 0 Å². The van der Waals surface area contributed by atoms with Crippen molar-refractivity contribution in [2.45, 2.75) is 12.3 Å². The number of carbonyl (C=O) groups is 1. The Morgan fingerprint density at radius 2 is 2.26 bits per heavy atom. The van der Waals surface area contributed by atoms with Crippen LogP contribution >= 0.6 is 35.0 Å². The van der Waals surface area contributed by atoms with Crippen LogP contribution in [0.4, 0.5) is 0 Å². The zero-order valence-electron chi connectivity index (χ0n) is 10.0. The monoisotopic (exact) mass is 314 g/mol. The van der Waals surface area contributed by atoms with Crippen molar-refractivity contribution in [1.29, 1.82) is 0 Å². The van der Waals surface area contributed by atoms with Crippen LogP contribution in [0.15, 0.2) is 23.2 Å². The first kappa shape index (κ1) is 13.3. The van der Waals surface area contributed by atoms with Crippen LogP contribution in [0, 0.1) is 5.92 Å². The summed E-state index contributed by atoms with van der Waals surface area (Å²) < 4.78 is 0. The molecule has 0 unspecified atom stereocenters. The molecule has 1 aromatic carbocycles. The summed E-state index contributed by atoms with van der Waals surface area (Å²) in [5.74, 6) is 1.20. The number of nitrogens with one attached hydrogen (secondary N) is 1. The van der Waals surface area contributed by atoms with E-state index < -0.39 is 0 Å². The summed E-state index contributed by atoms with van der Waals surface area (Å²) in [6.07, 6.45) is 0.838. The summed E-state index contributed by atoms with van der Waals surface area (Å²) in [6, 6.07) is 5.44. The number of amidine groups is 1. The maximum Gasteiger partial charge on any atom is 0.229 e. The molecule has 3 nitrogen and oxygen atoms in total. The van der Waals surface area contributed by atoms with Crippen molar-refractivity contribution < 1.29 is 4.79 Å². The van der Waals surface area contributed by atoms with Crippen LogP contribution in [0.1, 0.15) is 17.9 Å². The normalized spacial score (nSPS) is 25.1. The molecule has 1 heterocycles. The Bertz CT molecular complexity index is 562. The van der Waals surface area contributed by atoms with Crippen molar-refractivity contribution in [3.05, 3.63) is 33.8 Å². The second kappa shape index (κ2) is 5.35. The minimum Gasteiger partial charge on any atom is -0.305 e. The fraction of sp³-hybridized carbons (Fsp3) is 0.385. The van der Waals surface area contributed by atoms with Gasteiger partial charge >= 0.3 is 0 Å². The molecule has 3 rings (SSSR count). The van der Waals surface area contributed by atoms with Crippen LogP contribution in [-0.2, 0) is 4.79 Å². The quantitative estimate of drug-likeness (QED) is 0.909. The lowest BCUT2D eigenvalue weighted by molar-refractivity contribution is -0.120. The van der Waals surface area contributed by atoms with E-state index in [0.717, 1.165) is 29.4 Å². The Kier molecular flexibility index (Phi) is 3.74. The summed E-state index contributed by atoms with van der Waals surface area (Å²) in [5, 5.41) is 4.88. The first-order chi connectivity index (χ1) is 9.15. The third kappa shape index (κ3) is 2.91. The maximum absolute atomic E-state index is 12.0. The fourth-order valence-corrected chi connectivity index (χ4v) is 3.52. The number of halogens is 2. The van der Waals surface area contributed by atoms with Crippen LogP contribution in [0.5, 0.6) is 0 Å². The first-order valence-electron chi connectivity index (χ1n) is 6.08. The molecule has 1 aliphatic carbocycles. The lowest BCUT2D eigenvalue weighted by atomic mass is 10.1. The van der Waals surface area contributed by atoms with Crippen molar-refractivity contribution >= 4 is 46.0 Å². The van der Waals surface area contributed by atoms with Gasteiger partial charge in [-0.25, -0.2) is 0 Å². The van der Waals surface area contributed by atoms with Gasteiger partial charge in [0.1, 0.15) is 0 Å². The number of hydrogen-bond acceptors (Lipinski definition) is 3. The molecule has 1 aliphatic heterocycles. The highest BCUT2D eigenvalue weighted by atomic mass is 35.5. The molecule has 0 spiro atoms. The van der Waals surface area contributed by atoms with Crippen LogP contribution in [0.25, 0.3) is 0 Å². The summed E-state index contributed by atoms with van der Waals surface area (Å²) in [5.41, 5.74) is 1.01. The summed E-state index contributed by atoms with van der Waals surface area (Å²) >= 11 is 13.6. The number of carbonyl (C=O) groups excluding carboxylic acids is 1. The predicted molar refractivity (Wildman–Crippen MR) is 80.2 cm³/mol. The van der Waals surface area contributed by atoms with E-state index in [0.29, 0.717) is 10.0 Å². The average Bonchev–Trinajstić information content (AvgIpc) is 2.99. The van der Waals surface area contributed by atoms with Crippen molar-refractivity contribution in [3.8, 4) is 0 Å². The average molecular weight is 315 g/mol. The Labute approximate surface area is 125 Å². The minimum absolute atomic E-state index is 0.00238. The first-order valence-corrected chi connectivity index (χ1v) is 7.82. The molecule has 0 aromatic heterocycles. The molecule has 2 atom stereocenters. The van der Waals surface area contributed by atoms with Crippen molar-refractivity contribution in [3.63, 3.8) is 0 Å². The summed E-state index contributed by atoms with van der Waals surface area (Å²) in [7, 11) is 0. The van der Waals surface area contributed by atoms with E-state index in [1.807, 2.05) is 12.1 Å². The molecule has 1 fully saturated rings. The molecule has 0 radical (unpaired) electrons. The molecule has 0 saturated heterocycles. The molecular formula is C13H12Cl2N2OS. The number of nitrogens with zero attached hydrogens (tertiary/aromatic N) is 1. The molecule has 1 saturated carbocycles. The Balaban J connectivity index is 1.65. The van der Waals surface area contributed by atoms with Crippen molar-refractivity contribution in [2.24, 2.45) is 10.9 Å². The van der Waals surface area contributed by atoms with E-state index in [4.69, 9.17) is 23.2 Å². The van der Waals surface area contributed by atoms with Gasteiger partial charge in [-0.15, -0.1) is 0 Å². The van der Waals surface area contributed by atoms with Gasteiger partial charge in [0.25, 0.3) is 0 Å². The third-order valence-corrected chi connectivity index (χ3v) is 4.76. The Morgan fingerprint density at radius 3 is 2.95 bits per heavy atom. The van der Waals surface area contributed by atoms with E-state index in [1.165, 1.54) is 0 Å². The largest absolute Gasteiger partial charge is 0.305 e. The Hall–Kier alpha value is -0.710. The van der Waals surface area contributed by atoms with Crippen molar-refractivity contribution in [2.75, 3.05) is 12.3 Å². The maximum atomic E-state index is 12.0. The highest BCUT2D eigenvalue weighted by molar-refractivity contribution is 8.14. The molecule has 0 bridgehead atoms. The lowest BCUT2D eigenvalue weighted by Gasteiger charge is -2.05. The molecule has 19 heavy (non-hydrogen) atoms. The van der Waals surface area contributed by atoms with Crippen molar-refractivity contribution in [1.82, 2.24) is 5.32 Å². The van der Waals surface area contributed by atoms with Crippen LogP contribution in [0.3, 0.4) is 0 Å². The second-order valence-electron chi connectivity index (χ2n) is 4.64. The minimum atomic E-state index is 0.00238. The summed E-state index contributed by atoms with van der Waals surface area (Å²) in [6.45, 7) is 0.789. The van der Waals surface area contributed by atoms with E-state index in [2.05, 4.69) is 10.3 Å². The van der Waals surface area contributed by atoms with Gasteiger partial charge in [-0.1, -0.05) is 41.0 Å². The Morgan fingerprint density at radius 1 is 1.42 bits per heavy atom. The van der Waals surface area contributed by atoms with Crippen LogP contribution in [0.2, 0.25) is 10.0 Å². The van der Waals surface area contributed by atoms with Crippen LogP contribution < -0.4 is 5.32 Å². The molecule has 1 aromatic rings. The molecular weight excluding hydrogens is 303 g/mol. The van der Waals surface area contributed by atoms with Gasteiger partial charge in [0.2, 0.25) is 5.91 Å². The second-order valence-corrected chi connectivity index (χ2v) is 6.57. The third-order valence-electron chi connectivity index (χ3n) is 3.30. The van der Waals surface area contributed by atoms with Gasteiger partial charge in [-0.3, -0.25) is 9.79 Å². The highest BCUT2D eigenvalue weighted by Crippen LogP contribution is 2.50. The smallest absolute Gasteiger partial charge is 0.229 e. The fourth-order valence-electron chi connectivity index (χ4n) is 2.24. The van der Waals surface area contributed by atoms with Gasteiger partial charge < -0.3 is 5.32 Å². The zero-order chi connectivity index (χ0) is 13.4. The number of aliphatic imine (C=N–C) groups is 1. The topological polar surface area (TPSA) is 41.5 Å². The summed E-state index contributed by atoms with van der Waals surface area (Å²) in [4.78, 5) is 16.3. The lowest BCUT2D eigenvalue weighted by Crippen LogP contribution is -2.29. The predicted octanol–water partition coefficient (Wildman–Crippen LogP) is 3.32. The molecule has 1 N–H and O–H groups in total. The number of thioether (sulfide) groups is 1. The zero-order valence-corrected chi connectivity index (χ0v) is 12.4. The molecule has 1 amide bonds. The molecule has 2 aliphatic rings. The number of hydrogen-bond donors (Lipinski definition) is 1. The van der Waals surface area contributed by atoms with E-state index in [-0.39, 0.29) is 17.7 Å².